The number of nitrogens with two attached hydrogens (primary N) is 1. The summed E-state index contributed by atoms with van der Waals surface area (Å²) in [7, 11) is 0. The highest BCUT2D eigenvalue weighted by Crippen LogP contribution is 2.29. The van der Waals surface area contributed by atoms with E-state index in [1.807, 2.05) is 13.0 Å². The van der Waals surface area contributed by atoms with Gasteiger partial charge in [-0.25, -0.2) is 0 Å². The van der Waals surface area contributed by atoms with Crippen LogP contribution >= 0.6 is 0 Å². The predicted octanol–water partition coefficient (Wildman–Crippen LogP) is 1.51. The largest absolute Gasteiger partial charge is 0.506 e. The first-order valence-corrected chi connectivity index (χ1v) is 8.16. The Labute approximate surface area is 152 Å². The summed E-state index contributed by atoms with van der Waals surface area (Å²) in [5.41, 5.74) is 7.89. The number of aromatic amines is 1. The first-order valence-electron chi connectivity index (χ1n) is 8.16. The highest BCUT2D eigenvalue weighted by atomic mass is 16.3. The minimum atomic E-state index is -0.605. The first-order chi connectivity index (χ1) is 13.0. The maximum absolute atomic E-state index is 12.0. The molecule has 0 radical (unpaired) electrons. The van der Waals surface area contributed by atoms with Crippen LogP contribution in [-0.2, 0) is 6.54 Å². The maximum Gasteiger partial charge on any atom is 0.253 e. The average Bonchev–Trinajstić information content (AvgIpc) is 3.03. The summed E-state index contributed by atoms with van der Waals surface area (Å²) < 4.78 is 0. The van der Waals surface area contributed by atoms with E-state index in [9.17, 15) is 14.7 Å². The molecular weight excluding hydrogens is 348 g/mol. The Morgan fingerprint density at radius 1 is 1.22 bits per heavy atom. The minimum Gasteiger partial charge on any atom is -0.506 e. The molecule has 0 saturated carbocycles. The standard InChI is InChI=1S/C18H16N6O3/c1-8-4-10(5-11-13(8)23-24-18(11)19)22-15-14(16(26)17(15)27)21-6-9-2-3-20-7-12(9)25/h2-5,7,21-22,25H,6H2,1H3,(H3,19,23,24). The Morgan fingerprint density at radius 3 is 2.78 bits per heavy atom. The van der Waals surface area contributed by atoms with Crippen molar-refractivity contribution in [2.24, 2.45) is 0 Å². The number of hydrogen-bond donors (Lipinski definition) is 5. The van der Waals surface area contributed by atoms with Gasteiger partial charge in [0.25, 0.3) is 10.9 Å². The summed E-state index contributed by atoms with van der Waals surface area (Å²) in [5, 5.41) is 23.2. The number of rotatable bonds is 5. The summed E-state index contributed by atoms with van der Waals surface area (Å²) in [6.45, 7) is 2.07. The van der Waals surface area contributed by atoms with Crippen LogP contribution in [0.1, 0.15) is 11.1 Å². The quantitative estimate of drug-likeness (QED) is 0.335. The van der Waals surface area contributed by atoms with Gasteiger partial charge in [0.15, 0.2) is 5.82 Å². The van der Waals surface area contributed by atoms with Crippen molar-refractivity contribution in [2.75, 3.05) is 16.4 Å². The van der Waals surface area contributed by atoms with E-state index in [0.717, 1.165) is 16.5 Å². The van der Waals surface area contributed by atoms with Gasteiger partial charge < -0.3 is 21.5 Å². The fourth-order valence-electron chi connectivity index (χ4n) is 2.96. The van der Waals surface area contributed by atoms with Gasteiger partial charge in [0, 0.05) is 29.4 Å². The van der Waals surface area contributed by atoms with Crippen LogP contribution in [0.2, 0.25) is 0 Å². The molecule has 0 fully saturated rings. The topological polar surface area (TPSA) is 146 Å². The van der Waals surface area contributed by atoms with E-state index in [1.54, 1.807) is 12.1 Å². The molecule has 2 aromatic carbocycles. The number of aromatic hydroxyl groups is 1. The molecule has 2 aromatic heterocycles. The average molecular weight is 364 g/mol. The van der Waals surface area contributed by atoms with E-state index in [4.69, 9.17) is 5.73 Å². The van der Waals surface area contributed by atoms with Gasteiger partial charge in [-0.1, -0.05) is 0 Å². The van der Waals surface area contributed by atoms with E-state index in [2.05, 4.69) is 25.8 Å². The molecule has 0 atom stereocenters. The third-order valence-corrected chi connectivity index (χ3v) is 4.42. The van der Waals surface area contributed by atoms with Crippen molar-refractivity contribution in [1.82, 2.24) is 15.2 Å². The Hall–Kier alpha value is -3.88. The van der Waals surface area contributed by atoms with Gasteiger partial charge in [0.05, 0.1) is 11.7 Å². The smallest absolute Gasteiger partial charge is 0.253 e. The lowest BCUT2D eigenvalue weighted by Gasteiger charge is -2.16. The molecule has 9 nitrogen and oxygen atoms in total. The fraction of sp³-hybridized carbons (Fsp3) is 0.111. The number of nitrogens with one attached hydrogen (secondary N) is 3. The van der Waals surface area contributed by atoms with Crippen LogP contribution in [0.4, 0.5) is 22.9 Å². The van der Waals surface area contributed by atoms with Crippen molar-refractivity contribution in [3.05, 3.63) is 62.2 Å². The highest BCUT2D eigenvalue weighted by Gasteiger charge is 2.21. The molecule has 27 heavy (non-hydrogen) atoms. The number of pyridine rings is 1. The molecule has 136 valence electrons. The first kappa shape index (κ1) is 16.6. The van der Waals surface area contributed by atoms with Crippen LogP contribution in [-0.4, -0.2) is 20.3 Å². The van der Waals surface area contributed by atoms with Gasteiger partial charge in [-0.3, -0.25) is 19.7 Å². The monoisotopic (exact) mass is 364 g/mol. The zero-order chi connectivity index (χ0) is 19.1. The molecule has 4 aromatic rings. The van der Waals surface area contributed by atoms with Crippen LogP contribution in [0.25, 0.3) is 10.9 Å². The number of aryl methyl sites for hydroxylation is 1. The molecule has 0 unspecified atom stereocenters. The Kier molecular flexibility index (Phi) is 3.76. The third-order valence-electron chi connectivity index (χ3n) is 4.42. The zero-order valence-electron chi connectivity index (χ0n) is 14.3. The van der Waals surface area contributed by atoms with E-state index in [-0.39, 0.29) is 23.7 Å². The van der Waals surface area contributed by atoms with Crippen molar-refractivity contribution >= 4 is 33.8 Å². The van der Waals surface area contributed by atoms with Crippen molar-refractivity contribution in [3.8, 4) is 5.75 Å². The van der Waals surface area contributed by atoms with Gasteiger partial charge in [0.1, 0.15) is 17.1 Å². The van der Waals surface area contributed by atoms with Crippen molar-refractivity contribution in [1.29, 1.82) is 0 Å². The summed E-state index contributed by atoms with van der Waals surface area (Å²) in [6, 6.07) is 5.21. The molecule has 2 heterocycles. The van der Waals surface area contributed by atoms with Crippen LogP contribution in [0, 0.1) is 6.92 Å². The Balaban J connectivity index is 1.61. The van der Waals surface area contributed by atoms with Crippen LogP contribution in [0.3, 0.4) is 0 Å². The number of fused-ring (bicyclic) bond motifs is 1. The number of anilines is 4. The van der Waals surface area contributed by atoms with E-state index in [0.29, 0.717) is 17.1 Å². The number of aromatic nitrogens is 3. The molecule has 0 aliphatic heterocycles. The number of nitrogen functional groups attached to an aromatic ring is 1. The molecule has 0 spiro atoms. The second-order valence-corrected chi connectivity index (χ2v) is 6.22. The lowest BCUT2D eigenvalue weighted by Crippen LogP contribution is -2.36. The lowest BCUT2D eigenvalue weighted by atomic mass is 10.1. The molecule has 9 heteroatoms. The second kappa shape index (κ2) is 6.13. The van der Waals surface area contributed by atoms with Gasteiger partial charge in [-0.2, -0.15) is 5.10 Å². The molecular formula is C18H16N6O3. The van der Waals surface area contributed by atoms with Crippen LogP contribution < -0.4 is 27.2 Å². The number of benzene rings is 1. The number of H-pyrrole nitrogens is 1. The zero-order valence-corrected chi connectivity index (χ0v) is 14.3. The SMILES string of the molecule is Cc1cc(Nc2c(NCc3ccncc3O)c(=O)c2=O)cc2c(N)n[nH]c12. The van der Waals surface area contributed by atoms with Crippen molar-refractivity contribution in [2.45, 2.75) is 13.5 Å². The van der Waals surface area contributed by atoms with Crippen molar-refractivity contribution in [3.63, 3.8) is 0 Å². The fourth-order valence-corrected chi connectivity index (χ4v) is 2.96. The Morgan fingerprint density at radius 2 is 2.00 bits per heavy atom. The molecule has 6 N–H and O–H groups in total. The van der Waals surface area contributed by atoms with Gasteiger partial charge >= 0.3 is 0 Å². The van der Waals surface area contributed by atoms with Gasteiger partial charge in [0.2, 0.25) is 0 Å². The van der Waals surface area contributed by atoms with E-state index < -0.39 is 10.9 Å². The number of hydrogen-bond acceptors (Lipinski definition) is 8. The predicted molar refractivity (Wildman–Crippen MR) is 103 cm³/mol. The second-order valence-electron chi connectivity index (χ2n) is 6.22. The molecule has 0 aliphatic rings. The normalized spacial score (nSPS) is 11.1. The number of nitrogens with zero attached hydrogens (tertiary/aromatic N) is 2. The highest BCUT2D eigenvalue weighted by molar-refractivity contribution is 5.94. The lowest BCUT2D eigenvalue weighted by molar-refractivity contribution is 0.466. The molecule has 0 bridgehead atoms. The maximum atomic E-state index is 12.0. The molecule has 0 aliphatic carbocycles. The summed E-state index contributed by atoms with van der Waals surface area (Å²) in [6.07, 6.45) is 2.84. The van der Waals surface area contributed by atoms with Crippen LogP contribution in [0.5, 0.6) is 5.75 Å². The van der Waals surface area contributed by atoms with Crippen LogP contribution in [0.15, 0.2) is 40.2 Å². The molecule has 4 rings (SSSR count). The summed E-state index contributed by atoms with van der Waals surface area (Å²) in [4.78, 5) is 27.7. The molecule has 0 saturated heterocycles. The molecule has 0 amide bonds. The van der Waals surface area contributed by atoms with Gasteiger partial charge in [-0.15, -0.1) is 0 Å². The van der Waals surface area contributed by atoms with Crippen molar-refractivity contribution < 1.29 is 5.11 Å². The van der Waals surface area contributed by atoms with E-state index in [1.165, 1.54) is 12.4 Å². The summed E-state index contributed by atoms with van der Waals surface area (Å²) >= 11 is 0. The Bertz CT molecular complexity index is 1240. The summed E-state index contributed by atoms with van der Waals surface area (Å²) in [5.74, 6) is 0.364. The van der Waals surface area contributed by atoms with E-state index >= 15 is 0 Å². The third kappa shape index (κ3) is 2.74. The van der Waals surface area contributed by atoms with Gasteiger partial charge in [-0.05, 0) is 30.7 Å². The minimum absolute atomic E-state index is 0.00900.